The number of anilines is 1. The van der Waals surface area contributed by atoms with E-state index in [0.29, 0.717) is 23.2 Å². The standard InChI is InChI=1S/C20H14F2N4O3/c1-12-17(10-26(25-12)16-6-2-13(9-23)3-7-16)19(28)24-15-5-4-14(11-27)18(8-15)29-20(21)22/h2-8,10-11,20H,1H3,(H,24,28). The molecule has 0 atom stereocenters. The van der Waals surface area contributed by atoms with Crippen LogP contribution in [0.5, 0.6) is 5.75 Å². The van der Waals surface area contributed by atoms with Crippen LogP contribution in [0.4, 0.5) is 14.5 Å². The SMILES string of the molecule is Cc1nn(-c2ccc(C#N)cc2)cc1C(=O)Nc1ccc(C=O)c(OC(F)F)c1. The first kappa shape index (κ1) is 19.7. The Morgan fingerprint density at radius 3 is 2.62 bits per heavy atom. The largest absolute Gasteiger partial charge is 0.434 e. The maximum atomic E-state index is 12.6. The second kappa shape index (κ2) is 8.31. The second-order valence-electron chi connectivity index (χ2n) is 5.93. The van der Waals surface area contributed by atoms with Crippen LogP contribution in [0.3, 0.4) is 0 Å². The van der Waals surface area contributed by atoms with Crippen LogP contribution < -0.4 is 10.1 Å². The summed E-state index contributed by atoms with van der Waals surface area (Å²) in [6.45, 7) is -1.46. The van der Waals surface area contributed by atoms with Crippen LogP contribution in [0.15, 0.2) is 48.7 Å². The molecule has 0 aliphatic carbocycles. The molecule has 9 heteroatoms. The van der Waals surface area contributed by atoms with Crippen molar-refractivity contribution >= 4 is 17.9 Å². The van der Waals surface area contributed by atoms with Crippen LogP contribution in [0.1, 0.15) is 32.0 Å². The Labute approximate surface area is 164 Å². The minimum Gasteiger partial charge on any atom is -0.434 e. The van der Waals surface area contributed by atoms with Gasteiger partial charge in [-0.3, -0.25) is 9.59 Å². The van der Waals surface area contributed by atoms with Crippen LogP contribution in [0.25, 0.3) is 5.69 Å². The average Bonchev–Trinajstić information content (AvgIpc) is 3.09. The maximum Gasteiger partial charge on any atom is 0.387 e. The third-order valence-electron chi connectivity index (χ3n) is 4.02. The van der Waals surface area contributed by atoms with Crippen LogP contribution in [0, 0.1) is 18.3 Å². The lowest BCUT2D eigenvalue weighted by atomic mass is 10.2. The molecule has 0 unspecified atom stereocenters. The number of rotatable bonds is 6. The molecular formula is C20H14F2N4O3. The number of aryl methyl sites for hydroxylation is 1. The summed E-state index contributed by atoms with van der Waals surface area (Å²) in [4.78, 5) is 23.5. The monoisotopic (exact) mass is 396 g/mol. The van der Waals surface area contributed by atoms with E-state index in [0.717, 1.165) is 6.07 Å². The van der Waals surface area contributed by atoms with E-state index in [9.17, 15) is 18.4 Å². The van der Waals surface area contributed by atoms with Gasteiger partial charge in [0.2, 0.25) is 0 Å². The van der Waals surface area contributed by atoms with Crippen molar-refractivity contribution in [2.75, 3.05) is 5.32 Å². The number of benzene rings is 2. The van der Waals surface area contributed by atoms with Gasteiger partial charge in [0.1, 0.15) is 5.75 Å². The fourth-order valence-electron chi connectivity index (χ4n) is 2.61. The van der Waals surface area contributed by atoms with Gasteiger partial charge in [-0.05, 0) is 43.3 Å². The molecule has 0 spiro atoms. The number of hydrogen-bond donors (Lipinski definition) is 1. The first-order valence-electron chi connectivity index (χ1n) is 8.33. The van der Waals surface area contributed by atoms with Crippen molar-refractivity contribution in [2.24, 2.45) is 0 Å². The Morgan fingerprint density at radius 2 is 2.00 bits per heavy atom. The van der Waals surface area contributed by atoms with Gasteiger partial charge in [-0.25, -0.2) is 4.68 Å². The van der Waals surface area contributed by atoms with E-state index >= 15 is 0 Å². The number of carbonyl (C=O) groups is 2. The third-order valence-corrected chi connectivity index (χ3v) is 4.02. The predicted molar refractivity (Wildman–Crippen MR) is 99.4 cm³/mol. The van der Waals surface area contributed by atoms with Crippen molar-refractivity contribution in [1.29, 1.82) is 5.26 Å². The van der Waals surface area contributed by atoms with E-state index in [1.807, 2.05) is 6.07 Å². The molecule has 7 nitrogen and oxygen atoms in total. The number of nitrogens with zero attached hydrogens (tertiary/aromatic N) is 3. The van der Waals surface area contributed by atoms with Gasteiger partial charge in [0.15, 0.2) is 6.29 Å². The molecule has 3 aromatic rings. The molecule has 0 saturated carbocycles. The van der Waals surface area contributed by atoms with Gasteiger partial charge >= 0.3 is 6.61 Å². The van der Waals surface area contributed by atoms with E-state index < -0.39 is 12.5 Å². The Kier molecular flexibility index (Phi) is 5.64. The first-order valence-corrected chi connectivity index (χ1v) is 8.33. The minimum absolute atomic E-state index is 0.0619. The van der Waals surface area contributed by atoms with E-state index in [-0.39, 0.29) is 22.6 Å². The molecule has 1 aromatic heterocycles. The predicted octanol–water partition coefficient (Wildman–Crippen LogP) is 3.72. The molecule has 146 valence electrons. The van der Waals surface area contributed by atoms with Crippen LogP contribution in [-0.4, -0.2) is 28.6 Å². The summed E-state index contributed by atoms with van der Waals surface area (Å²) in [6, 6.07) is 12.5. The molecule has 1 N–H and O–H groups in total. The molecule has 2 aromatic carbocycles. The highest BCUT2D eigenvalue weighted by atomic mass is 19.3. The number of nitriles is 1. The van der Waals surface area contributed by atoms with Crippen molar-refractivity contribution in [3.05, 3.63) is 71.0 Å². The summed E-state index contributed by atoms with van der Waals surface area (Å²) < 4.78 is 30.8. The Bertz CT molecular complexity index is 1100. The number of alkyl halides is 2. The molecule has 0 radical (unpaired) electrons. The van der Waals surface area contributed by atoms with E-state index in [1.165, 1.54) is 23.0 Å². The second-order valence-corrected chi connectivity index (χ2v) is 5.93. The van der Waals surface area contributed by atoms with E-state index in [4.69, 9.17) is 5.26 Å². The topological polar surface area (TPSA) is 97.0 Å². The molecule has 29 heavy (non-hydrogen) atoms. The van der Waals surface area contributed by atoms with Crippen LogP contribution in [-0.2, 0) is 0 Å². The van der Waals surface area contributed by atoms with Gasteiger partial charge in [-0.2, -0.15) is 19.1 Å². The molecule has 1 heterocycles. The van der Waals surface area contributed by atoms with Gasteiger partial charge in [-0.15, -0.1) is 0 Å². The molecule has 0 aliphatic heterocycles. The summed E-state index contributed by atoms with van der Waals surface area (Å²) in [5, 5.41) is 15.7. The lowest BCUT2D eigenvalue weighted by Gasteiger charge is -2.10. The van der Waals surface area contributed by atoms with Crippen molar-refractivity contribution < 1.29 is 23.1 Å². The summed E-state index contributed by atoms with van der Waals surface area (Å²) in [7, 11) is 0. The van der Waals surface area contributed by atoms with Gasteiger partial charge < -0.3 is 10.1 Å². The summed E-state index contributed by atoms with van der Waals surface area (Å²) in [5.74, 6) is -0.845. The Balaban J connectivity index is 1.83. The number of hydrogen-bond acceptors (Lipinski definition) is 5. The van der Waals surface area contributed by atoms with Crippen molar-refractivity contribution in [2.45, 2.75) is 13.5 Å². The fraction of sp³-hybridized carbons (Fsp3) is 0.100. The molecular weight excluding hydrogens is 382 g/mol. The highest BCUT2D eigenvalue weighted by Gasteiger charge is 2.16. The highest BCUT2D eigenvalue weighted by Crippen LogP contribution is 2.24. The summed E-state index contributed by atoms with van der Waals surface area (Å²) >= 11 is 0. The summed E-state index contributed by atoms with van der Waals surface area (Å²) in [6.07, 6.45) is 1.90. The number of halogens is 2. The summed E-state index contributed by atoms with van der Waals surface area (Å²) in [5.41, 5.74) is 1.99. The third kappa shape index (κ3) is 4.44. The van der Waals surface area contributed by atoms with Gasteiger partial charge in [-0.1, -0.05) is 0 Å². The number of aldehydes is 1. The zero-order valence-corrected chi connectivity index (χ0v) is 15.1. The van der Waals surface area contributed by atoms with Crippen molar-refractivity contribution in [1.82, 2.24) is 9.78 Å². The first-order chi connectivity index (χ1) is 13.9. The molecule has 0 bridgehead atoms. The maximum absolute atomic E-state index is 12.6. The van der Waals surface area contributed by atoms with E-state index in [2.05, 4.69) is 15.2 Å². The molecule has 1 amide bonds. The number of aromatic nitrogens is 2. The fourth-order valence-corrected chi connectivity index (χ4v) is 2.61. The van der Waals surface area contributed by atoms with Gasteiger partial charge in [0, 0.05) is 18.0 Å². The molecule has 0 fully saturated rings. The lowest BCUT2D eigenvalue weighted by Crippen LogP contribution is -2.13. The van der Waals surface area contributed by atoms with Crippen molar-refractivity contribution in [3.63, 3.8) is 0 Å². The quantitative estimate of drug-likeness (QED) is 0.641. The number of ether oxygens (including phenoxy) is 1. The lowest BCUT2D eigenvalue weighted by molar-refractivity contribution is -0.0500. The van der Waals surface area contributed by atoms with Gasteiger partial charge in [0.05, 0.1) is 34.1 Å². The molecule has 0 saturated heterocycles. The molecule has 3 rings (SSSR count). The number of carbonyl (C=O) groups excluding carboxylic acids is 2. The van der Waals surface area contributed by atoms with Crippen molar-refractivity contribution in [3.8, 4) is 17.5 Å². The van der Waals surface area contributed by atoms with Crippen LogP contribution in [0.2, 0.25) is 0 Å². The number of nitrogens with one attached hydrogen (secondary N) is 1. The van der Waals surface area contributed by atoms with Crippen LogP contribution >= 0.6 is 0 Å². The zero-order chi connectivity index (χ0) is 21.0. The number of amides is 1. The average molecular weight is 396 g/mol. The minimum atomic E-state index is -3.10. The Morgan fingerprint density at radius 1 is 1.28 bits per heavy atom. The van der Waals surface area contributed by atoms with E-state index in [1.54, 1.807) is 31.2 Å². The normalized spacial score (nSPS) is 10.4. The molecule has 0 aliphatic rings. The highest BCUT2D eigenvalue weighted by molar-refractivity contribution is 6.05. The Hall–Kier alpha value is -4.06. The van der Waals surface area contributed by atoms with Gasteiger partial charge in [0.25, 0.3) is 5.91 Å². The smallest absolute Gasteiger partial charge is 0.387 e. The zero-order valence-electron chi connectivity index (χ0n) is 15.1.